The fourth-order valence-corrected chi connectivity index (χ4v) is 7.79. The van der Waals surface area contributed by atoms with Crippen molar-refractivity contribution in [2.45, 2.75) is 76.2 Å². The minimum atomic E-state index is -1.44. The van der Waals surface area contributed by atoms with Crippen molar-refractivity contribution in [3.8, 4) is 5.75 Å². The molecule has 0 aliphatic heterocycles. The van der Waals surface area contributed by atoms with E-state index in [-0.39, 0.29) is 39.1 Å². The number of ether oxygens (including phenoxy) is 4. The fraction of sp³-hybridized carbons (Fsp3) is 0.255. The number of methoxy groups -OCH3 is 1. The second kappa shape index (κ2) is 26.4. The van der Waals surface area contributed by atoms with Crippen molar-refractivity contribution < 1.29 is 47.7 Å². The number of fused-ring (bicyclic) bond motifs is 1. The van der Waals surface area contributed by atoms with Gasteiger partial charge in [0, 0.05) is 48.3 Å². The summed E-state index contributed by atoms with van der Waals surface area (Å²) in [6.07, 6.45) is 3.64. The summed E-state index contributed by atoms with van der Waals surface area (Å²) in [6, 6.07) is 35.9. The highest BCUT2D eigenvalue weighted by molar-refractivity contribution is 5.96. The van der Waals surface area contributed by atoms with E-state index in [0.29, 0.717) is 29.2 Å². The Hall–Kier alpha value is -8.77. The van der Waals surface area contributed by atoms with Crippen LogP contribution in [0.1, 0.15) is 40.4 Å². The molecule has 0 aliphatic rings. The number of para-hydroxylation sites is 1. The number of benzene rings is 5. The molecule has 7 N–H and O–H groups in total. The van der Waals surface area contributed by atoms with E-state index in [9.17, 15) is 28.8 Å². The molecule has 7 aromatic rings. The quantitative estimate of drug-likeness (QED) is 0.0370. The predicted octanol–water partition coefficient (Wildman–Crippen LogP) is 5.14. The van der Waals surface area contributed by atoms with Crippen LogP contribution in [-0.4, -0.2) is 94.6 Å². The van der Waals surface area contributed by atoms with Crippen molar-refractivity contribution in [3.05, 3.63) is 192 Å². The lowest BCUT2D eigenvalue weighted by Gasteiger charge is -2.27. The van der Waals surface area contributed by atoms with Crippen molar-refractivity contribution in [1.82, 2.24) is 41.5 Å². The number of imidazole rings is 1. The zero-order chi connectivity index (χ0) is 51.4. The van der Waals surface area contributed by atoms with Gasteiger partial charge >= 0.3 is 12.1 Å². The van der Waals surface area contributed by atoms with E-state index in [2.05, 4.69) is 41.5 Å². The molecule has 73 heavy (non-hydrogen) atoms. The maximum atomic E-state index is 14.8. The van der Waals surface area contributed by atoms with Gasteiger partial charge in [0.2, 0.25) is 23.6 Å². The van der Waals surface area contributed by atoms with Crippen LogP contribution in [-0.2, 0) is 77.3 Å². The van der Waals surface area contributed by atoms with Gasteiger partial charge in [-0.2, -0.15) is 0 Å². The summed E-state index contributed by atoms with van der Waals surface area (Å²) in [5.41, 5.74) is 5.12. The Balaban J connectivity index is 1.15. The van der Waals surface area contributed by atoms with E-state index in [4.69, 9.17) is 18.9 Å². The number of nitrogens with one attached hydrogen (secondary N) is 7. The van der Waals surface area contributed by atoms with E-state index < -0.39 is 65.9 Å². The first kappa shape index (κ1) is 52.1. The Morgan fingerprint density at radius 3 is 1.73 bits per heavy atom. The third kappa shape index (κ3) is 15.9. The molecule has 0 bridgehead atoms. The smallest absolute Gasteiger partial charge is 0.408 e. The first-order valence-electron chi connectivity index (χ1n) is 23.7. The van der Waals surface area contributed by atoms with E-state index in [1.165, 1.54) is 26.6 Å². The molecule has 2 heterocycles. The summed E-state index contributed by atoms with van der Waals surface area (Å²) < 4.78 is 22.3. The number of hydrogen-bond acceptors (Lipinski definition) is 11. The van der Waals surface area contributed by atoms with Crippen LogP contribution < -0.4 is 31.3 Å². The van der Waals surface area contributed by atoms with E-state index >= 15 is 0 Å². The minimum absolute atomic E-state index is 0.0107. The molecule has 0 unspecified atom stereocenters. The topological polar surface area (TPSA) is 244 Å². The van der Waals surface area contributed by atoms with Gasteiger partial charge in [0.05, 0.1) is 26.7 Å². The maximum absolute atomic E-state index is 14.8. The number of aromatic nitrogens is 3. The molecule has 0 radical (unpaired) electrons. The number of esters is 1. The fourth-order valence-electron chi connectivity index (χ4n) is 7.79. The van der Waals surface area contributed by atoms with Gasteiger partial charge in [-0.1, -0.05) is 121 Å². The van der Waals surface area contributed by atoms with Gasteiger partial charge in [-0.05, 0) is 52.9 Å². The molecular formula is C55H58N8O10. The molecule has 0 aliphatic carbocycles. The average Bonchev–Trinajstić information content (AvgIpc) is 4.09. The summed E-state index contributed by atoms with van der Waals surface area (Å²) in [6.45, 7) is 1.42. The number of aromatic amines is 2. The lowest BCUT2D eigenvalue weighted by molar-refractivity contribution is -0.145. The molecule has 5 amide bonds. The standard InChI is InChI=1S/C55H58N8O10/c1-36(54(68)70-2)59-50(64)47(27-41-29-57-45-21-13-12-20-44(41)45)61-53(67)49(34-71-31-38-14-6-3-7-15-38)62-51(65)46(26-37-22-24-43(25-23-37)72-32-39-16-8-4-9-17-39)60-52(66)48(28-42-30-56-35-58-42)63-55(69)73-33-40-18-10-5-11-19-40/h3-25,29-30,35-36,46-49,57H,26-28,31-34H2,1-2H3,(H,56,58)(H,59,64)(H,60,66)(H,61,67)(H,62,65)(H,63,69)/t36-,46+,47+,48+,49+/m0/s1. The van der Waals surface area contributed by atoms with Crippen LogP contribution in [0, 0.1) is 0 Å². The van der Waals surface area contributed by atoms with E-state index in [1.54, 1.807) is 54.7 Å². The van der Waals surface area contributed by atoms with Crippen molar-refractivity contribution in [2.24, 2.45) is 0 Å². The molecule has 2 aromatic heterocycles. The molecule has 378 valence electrons. The highest BCUT2D eigenvalue weighted by Gasteiger charge is 2.33. The van der Waals surface area contributed by atoms with Crippen LogP contribution in [0.5, 0.6) is 5.75 Å². The Morgan fingerprint density at radius 1 is 0.548 bits per heavy atom. The largest absolute Gasteiger partial charge is 0.489 e. The molecule has 0 saturated carbocycles. The summed E-state index contributed by atoms with van der Waals surface area (Å²) in [7, 11) is 1.20. The number of alkyl carbamates (subject to hydrolysis) is 1. The second-order valence-corrected chi connectivity index (χ2v) is 17.2. The highest BCUT2D eigenvalue weighted by atomic mass is 16.5. The van der Waals surface area contributed by atoms with Crippen LogP contribution in [0.4, 0.5) is 4.79 Å². The van der Waals surface area contributed by atoms with Crippen LogP contribution >= 0.6 is 0 Å². The molecule has 5 aromatic carbocycles. The molecule has 0 saturated heterocycles. The lowest BCUT2D eigenvalue weighted by Crippen LogP contribution is -2.60. The molecule has 0 spiro atoms. The van der Waals surface area contributed by atoms with E-state index in [1.807, 2.05) is 91.0 Å². The van der Waals surface area contributed by atoms with Gasteiger partial charge in [0.25, 0.3) is 0 Å². The number of H-pyrrole nitrogens is 2. The van der Waals surface area contributed by atoms with Gasteiger partial charge in [0.15, 0.2) is 0 Å². The zero-order valence-corrected chi connectivity index (χ0v) is 40.4. The Bertz CT molecular complexity index is 2880. The van der Waals surface area contributed by atoms with Crippen molar-refractivity contribution in [1.29, 1.82) is 0 Å². The maximum Gasteiger partial charge on any atom is 0.408 e. The number of nitrogens with zero attached hydrogens (tertiary/aromatic N) is 1. The van der Waals surface area contributed by atoms with Crippen LogP contribution in [0.25, 0.3) is 10.9 Å². The minimum Gasteiger partial charge on any atom is -0.489 e. The Labute approximate surface area is 422 Å². The van der Waals surface area contributed by atoms with Gasteiger partial charge in [-0.3, -0.25) is 19.2 Å². The molecule has 18 nitrogen and oxygen atoms in total. The summed E-state index contributed by atoms with van der Waals surface area (Å²) >= 11 is 0. The van der Waals surface area contributed by atoms with Crippen molar-refractivity contribution in [3.63, 3.8) is 0 Å². The predicted molar refractivity (Wildman–Crippen MR) is 270 cm³/mol. The van der Waals surface area contributed by atoms with E-state index in [0.717, 1.165) is 27.6 Å². The first-order valence-corrected chi connectivity index (χ1v) is 23.7. The van der Waals surface area contributed by atoms with Gasteiger partial charge in [0.1, 0.15) is 49.2 Å². The van der Waals surface area contributed by atoms with Gasteiger partial charge < -0.3 is 55.5 Å². The van der Waals surface area contributed by atoms with Crippen LogP contribution in [0.15, 0.2) is 158 Å². The Morgan fingerprint density at radius 2 is 1.10 bits per heavy atom. The SMILES string of the molecule is COC(=O)[C@H](C)NC(=O)[C@@H](Cc1c[nH]c2ccccc12)NC(=O)[C@@H](COCc1ccccc1)NC(=O)[C@@H](Cc1ccc(OCc2ccccc2)cc1)NC(=O)[C@@H](Cc1cnc[nH]1)NC(=O)OCc1ccccc1. The average molecular weight is 991 g/mol. The van der Waals surface area contributed by atoms with Crippen molar-refractivity contribution >= 4 is 46.6 Å². The molecule has 5 atom stereocenters. The highest BCUT2D eigenvalue weighted by Crippen LogP contribution is 2.20. The summed E-state index contributed by atoms with van der Waals surface area (Å²) in [4.78, 5) is 93.7. The number of carbonyl (C=O) groups is 6. The number of rotatable bonds is 25. The first-order chi connectivity index (χ1) is 35.5. The third-order valence-corrected chi connectivity index (χ3v) is 11.7. The second-order valence-electron chi connectivity index (χ2n) is 17.2. The Kier molecular flexibility index (Phi) is 18.9. The zero-order valence-electron chi connectivity index (χ0n) is 40.4. The number of carbonyl (C=O) groups excluding carboxylic acids is 6. The number of amides is 5. The normalized spacial score (nSPS) is 13.0. The third-order valence-electron chi connectivity index (χ3n) is 11.7. The monoisotopic (exact) mass is 990 g/mol. The van der Waals surface area contributed by atoms with Gasteiger partial charge in [-0.25, -0.2) is 14.6 Å². The number of hydrogen-bond donors (Lipinski definition) is 7. The summed E-state index contributed by atoms with van der Waals surface area (Å²) in [5.74, 6) is -3.15. The van der Waals surface area contributed by atoms with Crippen LogP contribution in [0.3, 0.4) is 0 Å². The van der Waals surface area contributed by atoms with Gasteiger partial charge in [-0.15, -0.1) is 0 Å². The summed E-state index contributed by atoms with van der Waals surface area (Å²) in [5, 5.41) is 14.5. The molecule has 7 rings (SSSR count). The molecule has 0 fully saturated rings. The molecule has 18 heteroatoms. The van der Waals surface area contributed by atoms with Crippen LogP contribution in [0.2, 0.25) is 0 Å². The molecular weight excluding hydrogens is 933 g/mol. The van der Waals surface area contributed by atoms with Crippen molar-refractivity contribution in [2.75, 3.05) is 13.7 Å². The lowest BCUT2D eigenvalue weighted by atomic mass is 10.0.